The summed E-state index contributed by atoms with van der Waals surface area (Å²) in [6, 6.07) is 10.7. The number of fused-ring (bicyclic) bond motifs is 1. The number of aromatic amines is 1. The number of aromatic nitrogens is 4. The third kappa shape index (κ3) is 3.32. The molecule has 0 spiro atoms. The van der Waals surface area contributed by atoms with E-state index in [9.17, 15) is 0 Å². The Bertz CT molecular complexity index is 792. The van der Waals surface area contributed by atoms with Crippen LogP contribution in [0.3, 0.4) is 0 Å². The molecule has 0 unspecified atom stereocenters. The van der Waals surface area contributed by atoms with E-state index in [0.29, 0.717) is 24.2 Å². The Hall–Kier alpha value is -2.63. The molecule has 24 heavy (non-hydrogen) atoms. The number of nitrogens with one attached hydrogen (secondary N) is 3. The van der Waals surface area contributed by atoms with E-state index in [-0.39, 0.29) is 0 Å². The summed E-state index contributed by atoms with van der Waals surface area (Å²) < 4.78 is 0. The molecule has 1 aliphatic rings. The number of nitrogens with zero attached hydrogens (tertiary/aromatic N) is 3. The summed E-state index contributed by atoms with van der Waals surface area (Å²) in [7, 11) is 0. The van der Waals surface area contributed by atoms with Crippen molar-refractivity contribution in [3.05, 3.63) is 42.2 Å². The molecule has 1 aromatic carbocycles. The van der Waals surface area contributed by atoms with E-state index in [0.717, 1.165) is 11.3 Å². The minimum absolute atomic E-state index is 0.488. The largest absolute Gasteiger partial charge is 0.365 e. The Morgan fingerprint density at radius 1 is 1.04 bits per heavy atom. The third-order valence-corrected chi connectivity index (χ3v) is 4.53. The maximum Gasteiger partial charge on any atom is 0.227 e. The number of benzene rings is 1. The monoisotopic (exact) mass is 322 g/mol. The quantitative estimate of drug-likeness (QED) is 0.667. The van der Waals surface area contributed by atoms with Crippen molar-refractivity contribution >= 4 is 22.9 Å². The molecule has 0 atom stereocenters. The van der Waals surface area contributed by atoms with Crippen LogP contribution in [0.5, 0.6) is 0 Å². The van der Waals surface area contributed by atoms with Gasteiger partial charge < -0.3 is 15.6 Å². The fourth-order valence-electron chi connectivity index (χ4n) is 3.23. The number of hydrogen-bond acceptors (Lipinski definition) is 5. The van der Waals surface area contributed by atoms with E-state index in [2.05, 4.69) is 42.7 Å². The van der Waals surface area contributed by atoms with Crippen molar-refractivity contribution in [2.45, 2.75) is 44.7 Å². The van der Waals surface area contributed by atoms with Crippen molar-refractivity contribution in [2.24, 2.45) is 0 Å². The summed E-state index contributed by atoms with van der Waals surface area (Å²) in [5, 5.41) is 6.89. The zero-order valence-corrected chi connectivity index (χ0v) is 13.6. The standard InChI is InChI=1S/C18H22N6/c1-3-7-13(8-4-1)11-19-18-23-16-15(20-12-21-16)17(24-18)22-14-9-5-2-6-10-14/h1,3-4,7-8,12,14H,2,5-6,9-11H2,(H3,19,20,21,22,23,24). The van der Waals surface area contributed by atoms with Gasteiger partial charge in [0.25, 0.3) is 0 Å². The van der Waals surface area contributed by atoms with Crippen LogP contribution in [0.4, 0.5) is 11.8 Å². The maximum atomic E-state index is 4.68. The van der Waals surface area contributed by atoms with Crippen LogP contribution in [0, 0.1) is 0 Å². The Balaban J connectivity index is 1.55. The highest BCUT2D eigenvalue weighted by molar-refractivity contribution is 5.83. The van der Waals surface area contributed by atoms with Crippen LogP contribution >= 0.6 is 0 Å². The van der Waals surface area contributed by atoms with Gasteiger partial charge in [0.05, 0.1) is 6.33 Å². The van der Waals surface area contributed by atoms with Gasteiger partial charge in [-0.15, -0.1) is 0 Å². The van der Waals surface area contributed by atoms with E-state index in [4.69, 9.17) is 0 Å². The van der Waals surface area contributed by atoms with Crippen molar-refractivity contribution < 1.29 is 0 Å². The number of rotatable bonds is 5. The van der Waals surface area contributed by atoms with Gasteiger partial charge in [0.2, 0.25) is 5.95 Å². The van der Waals surface area contributed by atoms with Gasteiger partial charge in [-0.25, -0.2) is 4.98 Å². The Morgan fingerprint density at radius 3 is 2.71 bits per heavy atom. The number of H-pyrrole nitrogens is 1. The van der Waals surface area contributed by atoms with Gasteiger partial charge in [-0.1, -0.05) is 49.6 Å². The fraction of sp³-hybridized carbons (Fsp3) is 0.389. The predicted octanol–water partition coefficient (Wildman–Crippen LogP) is 3.71. The summed E-state index contributed by atoms with van der Waals surface area (Å²) in [5.41, 5.74) is 2.77. The van der Waals surface area contributed by atoms with E-state index in [1.807, 2.05) is 18.2 Å². The van der Waals surface area contributed by atoms with Gasteiger partial charge in [-0.05, 0) is 18.4 Å². The molecule has 1 fully saturated rings. The lowest BCUT2D eigenvalue weighted by Crippen LogP contribution is -2.23. The molecule has 0 aliphatic heterocycles. The second-order valence-electron chi connectivity index (χ2n) is 6.32. The van der Waals surface area contributed by atoms with Crippen molar-refractivity contribution in [3.63, 3.8) is 0 Å². The number of hydrogen-bond donors (Lipinski definition) is 3. The molecule has 2 aromatic heterocycles. The third-order valence-electron chi connectivity index (χ3n) is 4.53. The topological polar surface area (TPSA) is 78.5 Å². The van der Waals surface area contributed by atoms with Crippen LogP contribution in [0.2, 0.25) is 0 Å². The normalized spacial score (nSPS) is 15.5. The highest BCUT2D eigenvalue weighted by Crippen LogP contribution is 2.25. The first-order chi connectivity index (χ1) is 11.9. The highest BCUT2D eigenvalue weighted by Gasteiger charge is 2.17. The lowest BCUT2D eigenvalue weighted by Gasteiger charge is -2.23. The molecule has 0 radical (unpaired) electrons. The van der Waals surface area contributed by atoms with Gasteiger partial charge in [0.1, 0.15) is 5.52 Å². The van der Waals surface area contributed by atoms with Gasteiger partial charge in [-0.2, -0.15) is 9.97 Å². The molecule has 0 amide bonds. The summed E-state index contributed by atoms with van der Waals surface area (Å²) >= 11 is 0. The Labute approximate surface area is 141 Å². The van der Waals surface area contributed by atoms with Crippen LogP contribution in [0.25, 0.3) is 11.2 Å². The molecule has 2 heterocycles. The zero-order valence-electron chi connectivity index (χ0n) is 13.6. The van der Waals surface area contributed by atoms with E-state index in [1.54, 1.807) is 6.33 Å². The first-order valence-electron chi connectivity index (χ1n) is 8.64. The maximum absolute atomic E-state index is 4.68. The molecule has 124 valence electrons. The number of anilines is 2. The number of imidazole rings is 1. The molecule has 6 heteroatoms. The minimum atomic E-state index is 0.488. The molecule has 4 rings (SSSR count). The van der Waals surface area contributed by atoms with Crippen molar-refractivity contribution in [3.8, 4) is 0 Å². The summed E-state index contributed by atoms with van der Waals surface area (Å²) in [6.45, 7) is 0.694. The molecule has 1 aliphatic carbocycles. The SMILES string of the molecule is c1ccc(CNc2nc(NC3CCCCC3)c3[nH]cnc3n2)cc1. The van der Waals surface area contributed by atoms with Gasteiger partial charge in [0, 0.05) is 12.6 Å². The molecule has 3 aromatic rings. The Morgan fingerprint density at radius 2 is 1.88 bits per heavy atom. The minimum Gasteiger partial charge on any atom is -0.365 e. The molecule has 0 bridgehead atoms. The molecule has 0 saturated heterocycles. The van der Waals surface area contributed by atoms with E-state index in [1.165, 1.54) is 37.7 Å². The molecule has 1 saturated carbocycles. The first-order valence-corrected chi connectivity index (χ1v) is 8.64. The lowest BCUT2D eigenvalue weighted by atomic mass is 9.95. The molecule has 6 nitrogen and oxygen atoms in total. The Kier molecular flexibility index (Phi) is 4.27. The fourth-order valence-corrected chi connectivity index (χ4v) is 3.23. The summed E-state index contributed by atoms with van der Waals surface area (Å²) in [6.07, 6.45) is 7.98. The summed E-state index contributed by atoms with van der Waals surface area (Å²) in [5.74, 6) is 1.46. The molecular weight excluding hydrogens is 300 g/mol. The van der Waals surface area contributed by atoms with Gasteiger partial charge in [-0.3, -0.25) is 0 Å². The second-order valence-corrected chi connectivity index (χ2v) is 6.32. The van der Waals surface area contributed by atoms with Crippen molar-refractivity contribution in [2.75, 3.05) is 10.6 Å². The van der Waals surface area contributed by atoms with E-state index < -0.39 is 0 Å². The van der Waals surface area contributed by atoms with Gasteiger partial charge in [0.15, 0.2) is 11.5 Å². The van der Waals surface area contributed by atoms with Crippen LogP contribution in [0.1, 0.15) is 37.7 Å². The van der Waals surface area contributed by atoms with E-state index >= 15 is 0 Å². The molecular formula is C18H22N6. The smallest absolute Gasteiger partial charge is 0.227 e. The van der Waals surface area contributed by atoms with Crippen LogP contribution in [-0.2, 0) is 6.54 Å². The second kappa shape index (κ2) is 6.86. The first kappa shape index (κ1) is 14.9. The van der Waals surface area contributed by atoms with Crippen LogP contribution in [-0.4, -0.2) is 26.0 Å². The average Bonchev–Trinajstić information content (AvgIpc) is 3.11. The van der Waals surface area contributed by atoms with Crippen molar-refractivity contribution in [1.82, 2.24) is 19.9 Å². The van der Waals surface area contributed by atoms with Crippen LogP contribution < -0.4 is 10.6 Å². The summed E-state index contributed by atoms with van der Waals surface area (Å²) in [4.78, 5) is 16.6. The van der Waals surface area contributed by atoms with Crippen LogP contribution in [0.15, 0.2) is 36.7 Å². The van der Waals surface area contributed by atoms with Crippen molar-refractivity contribution in [1.29, 1.82) is 0 Å². The predicted molar refractivity (Wildman–Crippen MR) is 95.9 cm³/mol. The van der Waals surface area contributed by atoms with Gasteiger partial charge >= 0.3 is 0 Å². The zero-order chi connectivity index (χ0) is 16.2. The molecule has 3 N–H and O–H groups in total. The highest BCUT2D eigenvalue weighted by atomic mass is 15.2. The average molecular weight is 322 g/mol. The lowest BCUT2D eigenvalue weighted by molar-refractivity contribution is 0.462.